The number of hydrogen-bond acceptors (Lipinski definition) is 6. The molecule has 2 atom stereocenters. The zero-order valence-electron chi connectivity index (χ0n) is 16.5. The summed E-state index contributed by atoms with van der Waals surface area (Å²) in [6.45, 7) is 7.60. The van der Waals surface area contributed by atoms with E-state index in [-0.39, 0.29) is 16.3 Å². The molecule has 2 unspecified atom stereocenters. The molecular weight excluding hydrogens is 436 g/mol. The zero-order valence-corrected chi connectivity index (χ0v) is 18.9. The average molecular weight is 463 g/mol. The van der Waals surface area contributed by atoms with Crippen molar-refractivity contribution in [1.29, 1.82) is 5.53 Å². The minimum atomic E-state index is 0.244. The number of aromatic nitrogens is 2. The highest BCUT2D eigenvalue weighted by Gasteiger charge is 2.42. The second-order valence-electron chi connectivity index (χ2n) is 8.11. The van der Waals surface area contributed by atoms with E-state index in [0.717, 1.165) is 5.56 Å². The van der Waals surface area contributed by atoms with E-state index in [2.05, 4.69) is 75.3 Å². The fourth-order valence-corrected chi connectivity index (χ4v) is 4.71. The minimum Gasteiger partial charge on any atom is -0.383 e. The second kappa shape index (κ2) is 8.29. The van der Waals surface area contributed by atoms with Gasteiger partial charge in [0, 0.05) is 11.0 Å². The number of nitrogens with two attached hydrogens (primary N) is 1. The van der Waals surface area contributed by atoms with Gasteiger partial charge in [-0.2, -0.15) is 5.11 Å². The van der Waals surface area contributed by atoms with E-state index in [1.54, 1.807) is 0 Å². The van der Waals surface area contributed by atoms with Crippen LogP contribution in [0, 0.1) is 21.6 Å². The highest BCUT2D eigenvalue weighted by Crippen LogP contribution is 2.54. The molecule has 1 aromatic carbocycles. The van der Waals surface area contributed by atoms with Crippen LogP contribution in [0.4, 0.5) is 17.3 Å². The largest absolute Gasteiger partial charge is 0.383 e. The monoisotopic (exact) mass is 462 g/mol. The second-order valence-corrected chi connectivity index (χ2v) is 9.35. The standard InChI is InChI=1S/C20H27BrN6S/c1-4-20(2,3)14-7-6-12(14)13-9-11(5-8-15(13)21)10-24-18-16(27-23)17(22)25-19(28)26-18/h5,8-9,12,14,23H,4,6-7,10H2,1-3H3,(H4,22,24,25,26,28). The molecule has 1 saturated carbocycles. The van der Waals surface area contributed by atoms with Crippen molar-refractivity contribution in [3.63, 3.8) is 0 Å². The fourth-order valence-electron chi connectivity index (χ4n) is 3.96. The number of hydrogen-bond donors (Lipinski definition) is 4. The summed E-state index contributed by atoms with van der Waals surface area (Å²) >= 11 is 8.84. The van der Waals surface area contributed by atoms with Crippen molar-refractivity contribution in [1.82, 2.24) is 9.97 Å². The molecule has 28 heavy (non-hydrogen) atoms. The highest BCUT2D eigenvalue weighted by atomic mass is 79.9. The third-order valence-corrected chi connectivity index (χ3v) is 7.07. The van der Waals surface area contributed by atoms with Gasteiger partial charge in [-0.15, -0.1) is 0 Å². The number of aromatic amines is 1. The van der Waals surface area contributed by atoms with E-state index < -0.39 is 0 Å². The van der Waals surface area contributed by atoms with Gasteiger partial charge in [0.15, 0.2) is 16.3 Å². The van der Waals surface area contributed by atoms with Crippen LogP contribution >= 0.6 is 28.1 Å². The SMILES string of the molecule is CCC(C)(C)C1CCC1c1cc(CNc2nc(=S)[nH]c(N)c2N=N)ccc1Br. The van der Waals surface area contributed by atoms with Gasteiger partial charge >= 0.3 is 0 Å². The predicted octanol–water partition coefficient (Wildman–Crippen LogP) is 6.69. The van der Waals surface area contributed by atoms with E-state index in [0.29, 0.717) is 29.6 Å². The Labute approximate surface area is 179 Å². The number of halogens is 1. The molecule has 1 heterocycles. The molecule has 0 radical (unpaired) electrons. The molecule has 0 saturated heterocycles. The van der Waals surface area contributed by atoms with Gasteiger partial charge in [0.2, 0.25) is 0 Å². The Hall–Kier alpha value is -1.80. The van der Waals surface area contributed by atoms with Gasteiger partial charge in [-0.3, -0.25) is 0 Å². The van der Waals surface area contributed by atoms with E-state index in [1.165, 1.54) is 29.3 Å². The summed E-state index contributed by atoms with van der Waals surface area (Å²) < 4.78 is 1.44. The lowest BCUT2D eigenvalue weighted by molar-refractivity contribution is 0.0849. The van der Waals surface area contributed by atoms with Gasteiger partial charge in [-0.05, 0) is 59.5 Å². The Kier molecular flexibility index (Phi) is 6.19. The first kappa shape index (κ1) is 20.9. The van der Waals surface area contributed by atoms with E-state index in [4.69, 9.17) is 23.5 Å². The van der Waals surface area contributed by atoms with Crippen molar-refractivity contribution in [3.8, 4) is 0 Å². The van der Waals surface area contributed by atoms with Crippen LogP contribution in [0.5, 0.6) is 0 Å². The highest BCUT2D eigenvalue weighted by molar-refractivity contribution is 9.10. The fraction of sp³-hybridized carbons (Fsp3) is 0.500. The smallest absolute Gasteiger partial charge is 0.200 e. The first-order valence-corrected chi connectivity index (χ1v) is 10.8. The Morgan fingerprint density at radius 3 is 2.79 bits per heavy atom. The molecule has 5 N–H and O–H groups in total. The molecule has 150 valence electrons. The third kappa shape index (κ3) is 4.12. The molecule has 6 nitrogen and oxygen atoms in total. The van der Waals surface area contributed by atoms with E-state index in [9.17, 15) is 0 Å². The minimum absolute atomic E-state index is 0.244. The Morgan fingerprint density at radius 2 is 2.18 bits per heavy atom. The molecule has 8 heteroatoms. The van der Waals surface area contributed by atoms with E-state index in [1.807, 2.05) is 0 Å². The first-order valence-electron chi connectivity index (χ1n) is 9.56. The van der Waals surface area contributed by atoms with Crippen LogP contribution in [0.1, 0.15) is 57.1 Å². The number of H-pyrrole nitrogens is 1. The Bertz CT molecular complexity index is 939. The van der Waals surface area contributed by atoms with Crippen molar-refractivity contribution < 1.29 is 0 Å². The van der Waals surface area contributed by atoms with Crippen LogP contribution in [-0.4, -0.2) is 9.97 Å². The van der Waals surface area contributed by atoms with E-state index >= 15 is 0 Å². The quantitative estimate of drug-likeness (QED) is 0.271. The number of nitrogens with one attached hydrogen (secondary N) is 3. The summed E-state index contributed by atoms with van der Waals surface area (Å²) in [5.41, 5.74) is 16.3. The molecule has 0 aliphatic heterocycles. The van der Waals surface area contributed by atoms with Crippen molar-refractivity contribution in [2.45, 2.75) is 52.5 Å². The lowest BCUT2D eigenvalue weighted by Gasteiger charge is -2.47. The molecule has 0 bridgehead atoms. The number of nitrogen functional groups attached to an aromatic ring is 1. The molecule has 1 aromatic heterocycles. The zero-order chi connectivity index (χ0) is 20.5. The van der Waals surface area contributed by atoms with Gasteiger partial charge < -0.3 is 16.0 Å². The molecular formula is C20H27BrN6S. The van der Waals surface area contributed by atoms with Crippen molar-refractivity contribution in [2.75, 3.05) is 11.1 Å². The lowest BCUT2D eigenvalue weighted by Crippen LogP contribution is -2.36. The summed E-state index contributed by atoms with van der Waals surface area (Å²) in [5, 5.41) is 6.70. The number of rotatable bonds is 7. The number of nitrogens with zero attached hydrogens (tertiary/aromatic N) is 2. The van der Waals surface area contributed by atoms with Gasteiger partial charge in [0.05, 0.1) is 0 Å². The maximum absolute atomic E-state index is 7.33. The Balaban J connectivity index is 1.82. The molecule has 2 aromatic rings. The maximum Gasteiger partial charge on any atom is 0.200 e. The van der Waals surface area contributed by atoms with Crippen molar-refractivity contribution in [2.24, 2.45) is 16.4 Å². The van der Waals surface area contributed by atoms with Crippen LogP contribution in [0.15, 0.2) is 27.8 Å². The van der Waals surface area contributed by atoms with Gasteiger partial charge in [0.1, 0.15) is 5.82 Å². The van der Waals surface area contributed by atoms with Crippen LogP contribution in [-0.2, 0) is 6.54 Å². The van der Waals surface area contributed by atoms with Gasteiger partial charge in [0.25, 0.3) is 0 Å². The van der Waals surface area contributed by atoms with Crippen LogP contribution < -0.4 is 11.1 Å². The summed E-state index contributed by atoms with van der Waals surface area (Å²) in [7, 11) is 0. The summed E-state index contributed by atoms with van der Waals surface area (Å²) in [5.74, 6) is 1.96. The normalized spacial score (nSPS) is 19.1. The summed E-state index contributed by atoms with van der Waals surface area (Å²) in [4.78, 5) is 6.94. The van der Waals surface area contributed by atoms with Crippen LogP contribution in [0.2, 0.25) is 0 Å². The predicted molar refractivity (Wildman–Crippen MR) is 120 cm³/mol. The molecule has 1 aliphatic carbocycles. The molecule has 0 amide bonds. The van der Waals surface area contributed by atoms with Gasteiger partial charge in [-0.25, -0.2) is 10.5 Å². The molecule has 1 fully saturated rings. The maximum atomic E-state index is 7.33. The number of benzene rings is 1. The van der Waals surface area contributed by atoms with Crippen LogP contribution in [0.25, 0.3) is 0 Å². The van der Waals surface area contributed by atoms with Crippen molar-refractivity contribution in [3.05, 3.63) is 38.6 Å². The van der Waals surface area contributed by atoms with Gasteiger partial charge in [-0.1, -0.05) is 55.3 Å². The summed E-state index contributed by atoms with van der Waals surface area (Å²) in [6, 6.07) is 6.48. The molecule has 1 aliphatic rings. The van der Waals surface area contributed by atoms with Crippen molar-refractivity contribution >= 4 is 45.5 Å². The number of anilines is 2. The summed E-state index contributed by atoms with van der Waals surface area (Å²) in [6.07, 6.45) is 3.71. The molecule has 0 spiro atoms. The lowest BCUT2D eigenvalue weighted by atomic mass is 9.58. The Morgan fingerprint density at radius 1 is 1.43 bits per heavy atom. The van der Waals surface area contributed by atoms with Crippen LogP contribution in [0.3, 0.4) is 0 Å². The third-order valence-electron chi connectivity index (χ3n) is 6.16. The topological polar surface area (TPSA) is 103 Å². The molecule has 3 rings (SSSR count). The first-order chi connectivity index (χ1) is 13.3. The average Bonchev–Trinajstić information content (AvgIpc) is 2.60.